The SMILES string of the molecule is COc1ccc(OC)c(NC(=O)/C(C#N)=C/c2ccco2)c1. The predicted molar refractivity (Wildman–Crippen MR) is 80.5 cm³/mol. The Morgan fingerprint density at radius 1 is 1.32 bits per heavy atom. The van der Waals surface area contributed by atoms with E-state index in [4.69, 9.17) is 19.2 Å². The van der Waals surface area contributed by atoms with Crippen LogP contribution in [0.15, 0.2) is 46.6 Å². The number of furan rings is 1. The van der Waals surface area contributed by atoms with Gasteiger partial charge in [-0.3, -0.25) is 4.79 Å². The maximum Gasteiger partial charge on any atom is 0.266 e. The zero-order valence-electron chi connectivity index (χ0n) is 12.1. The van der Waals surface area contributed by atoms with Gasteiger partial charge in [0.05, 0.1) is 26.2 Å². The van der Waals surface area contributed by atoms with E-state index in [1.54, 1.807) is 30.3 Å². The normalized spacial score (nSPS) is 10.7. The van der Waals surface area contributed by atoms with Gasteiger partial charge in [0.1, 0.15) is 28.9 Å². The minimum Gasteiger partial charge on any atom is -0.497 e. The number of hydrogen-bond donors (Lipinski definition) is 1. The molecule has 6 nitrogen and oxygen atoms in total. The zero-order valence-corrected chi connectivity index (χ0v) is 12.1. The molecular weight excluding hydrogens is 284 g/mol. The fraction of sp³-hybridized carbons (Fsp3) is 0.125. The molecule has 0 aliphatic carbocycles. The van der Waals surface area contributed by atoms with Gasteiger partial charge in [0.2, 0.25) is 0 Å². The van der Waals surface area contributed by atoms with Gasteiger partial charge in [-0.05, 0) is 24.3 Å². The van der Waals surface area contributed by atoms with Crippen molar-refractivity contribution in [3.05, 3.63) is 47.9 Å². The van der Waals surface area contributed by atoms with E-state index >= 15 is 0 Å². The van der Waals surface area contributed by atoms with Crippen molar-refractivity contribution < 1.29 is 18.7 Å². The number of methoxy groups -OCH3 is 2. The first kappa shape index (κ1) is 15.2. The average molecular weight is 298 g/mol. The Labute approximate surface area is 127 Å². The summed E-state index contributed by atoms with van der Waals surface area (Å²) in [5.74, 6) is 0.879. The predicted octanol–water partition coefficient (Wildman–Crippen LogP) is 2.84. The van der Waals surface area contributed by atoms with Crippen LogP contribution in [-0.4, -0.2) is 20.1 Å². The second-order valence-electron chi connectivity index (χ2n) is 4.21. The molecule has 1 aromatic heterocycles. The van der Waals surface area contributed by atoms with Crippen molar-refractivity contribution in [2.24, 2.45) is 0 Å². The third kappa shape index (κ3) is 3.46. The Kier molecular flexibility index (Phi) is 4.83. The lowest BCUT2D eigenvalue weighted by Gasteiger charge is -2.11. The summed E-state index contributed by atoms with van der Waals surface area (Å²) in [6.45, 7) is 0. The second-order valence-corrected chi connectivity index (χ2v) is 4.21. The van der Waals surface area contributed by atoms with Crippen LogP contribution in [0, 0.1) is 11.3 Å². The molecule has 0 saturated carbocycles. The molecule has 1 aromatic carbocycles. The molecule has 0 aliphatic rings. The molecule has 22 heavy (non-hydrogen) atoms. The minimum atomic E-state index is -0.564. The van der Waals surface area contributed by atoms with Gasteiger partial charge in [0, 0.05) is 12.1 Å². The van der Waals surface area contributed by atoms with E-state index in [2.05, 4.69) is 5.32 Å². The van der Waals surface area contributed by atoms with Crippen LogP contribution in [0.3, 0.4) is 0 Å². The molecule has 1 heterocycles. The van der Waals surface area contributed by atoms with E-state index < -0.39 is 5.91 Å². The maximum absolute atomic E-state index is 12.2. The van der Waals surface area contributed by atoms with E-state index in [1.807, 2.05) is 6.07 Å². The molecule has 112 valence electrons. The summed E-state index contributed by atoms with van der Waals surface area (Å²) in [7, 11) is 3.01. The van der Waals surface area contributed by atoms with Crippen LogP contribution in [-0.2, 0) is 4.79 Å². The topological polar surface area (TPSA) is 84.5 Å². The summed E-state index contributed by atoms with van der Waals surface area (Å²) in [5, 5.41) is 11.7. The molecule has 0 saturated heterocycles. The standard InChI is InChI=1S/C16H14N2O4/c1-20-12-5-6-15(21-2)14(9-12)18-16(19)11(10-17)8-13-4-3-7-22-13/h3-9H,1-2H3,(H,18,19)/b11-8+. The highest BCUT2D eigenvalue weighted by Gasteiger charge is 2.13. The number of carbonyl (C=O) groups excluding carboxylic acids is 1. The Balaban J connectivity index is 2.26. The molecule has 2 aromatic rings. The first-order valence-corrected chi connectivity index (χ1v) is 6.36. The first-order chi connectivity index (χ1) is 10.7. The summed E-state index contributed by atoms with van der Waals surface area (Å²) < 4.78 is 15.4. The summed E-state index contributed by atoms with van der Waals surface area (Å²) in [6, 6.07) is 10.1. The number of carbonyl (C=O) groups is 1. The van der Waals surface area contributed by atoms with Crippen molar-refractivity contribution >= 4 is 17.7 Å². The van der Waals surface area contributed by atoms with Gasteiger partial charge >= 0.3 is 0 Å². The van der Waals surface area contributed by atoms with Crippen LogP contribution >= 0.6 is 0 Å². The smallest absolute Gasteiger partial charge is 0.266 e. The number of rotatable bonds is 5. The van der Waals surface area contributed by atoms with Crippen molar-refractivity contribution in [3.8, 4) is 17.6 Å². The fourth-order valence-electron chi connectivity index (χ4n) is 1.77. The van der Waals surface area contributed by atoms with E-state index in [0.717, 1.165) is 0 Å². The minimum absolute atomic E-state index is 0.0835. The Morgan fingerprint density at radius 3 is 2.73 bits per heavy atom. The zero-order chi connectivity index (χ0) is 15.9. The van der Waals surface area contributed by atoms with Crippen LogP contribution in [0.4, 0.5) is 5.69 Å². The number of anilines is 1. The van der Waals surface area contributed by atoms with Gasteiger partial charge in [-0.25, -0.2) is 0 Å². The Hall–Kier alpha value is -3.20. The van der Waals surface area contributed by atoms with E-state index in [9.17, 15) is 4.79 Å². The van der Waals surface area contributed by atoms with Crippen molar-refractivity contribution in [1.82, 2.24) is 0 Å². The fourth-order valence-corrected chi connectivity index (χ4v) is 1.77. The lowest BCUT2D eigenvalue weighted by atomic mass is 10.2. The van der Waals surface area contributed by atoms with Crippen LogP contribution in [0.2, 0.25) is 0 Å². The summed E-state index contributed by atoms with van der Waals surface area (Å²) in [5.41, 5.74) is 0.326. The third-order valence-corrected chi connectivity index (χ3v) is 2.85. The van der Waals surface area contributed by atoms with Crippen molar-refractivity contribution in [2.45, 2.75) is 0 Å². The monoisotopic (exact) mass is 298 g/mol. The quantitative estimate of drug-likeness (QED) is 0.677. The lowest BCUT2D eigenvalue weighted by Crippen LogP contribution is -2.14. The van der Waals surface area contributed by atoms with Crippen LogP contribution in [0.25, 0.3) is 6.08 Å². The Morgan fingerprint density at radius 2 is 2.14 bits per heavy atom. The summed E-state index contributed by atoms with van der Waals surface area (Å²) in [4.78, 5) is 12.2. The number of amides is 1. The van der Waals surface area contributed by atoms with E-state index in [0.29, 0.717) is 22.9 Å². The molecule has 0 radical (unpaired) electrons. The largest absolute Gasteiger partial charge is 0.497 e. The summed E-state index contributed by atoms with van der Waals surface area (Å²) >= 11 is 0. The molecule has 0 aliphatic heterocycles. The number of benzene rings is 1. The average Bonchev–Trinajstić information content (AvgIpc) is 3.05. The van der Waals surface area contributed by atoms with Crippen molar-refractivity contribution in [1.29, 1.82) is 5.26 Å². The van der Waals surface area contributed by atoms with Crippen LogP contribution < -0.4 is 14.8 Å². The maximum atomic E-state index is 12.2. The van der Waals surface area contributed by atoms with Gasteiger partial charge in [-0.1, -0.05) is 0 Å². The van der Waals surface area contributed by atoms with Gasteiger partial charge < -0.3 is 19.2 Å². The molecule has 2 rings (SSSR count). The van der Waals surface area contributed by atoms with Gasteiger partial charge in [-0.2, -0.15) is 5.26 Å². The second kappa shape index (κ2) is 6.99. The van der Waals surface area contributed by atoms with Crippen molar-refractivity contribution in [2.75, 3.05) is 19.5 Å². The molecular formula is C16H14N2O4. The van der Waals surface area contributed by atoms with E-state index in [-0.39, 0.29) is 5.57 Å². The van der Waals surface area contributed by atoms with Gasteiger partial charge in [0.15, 0.2) is 0 Å². The highest BCUT2D eigenvalue weighted by molar-refractivity contribution is 6.10. The highest BCUT2D eigenvalue weighted by Crippen LogP contribution is 2.29. The number of nitriles is 1. The third-order valence-electron chi connectivity index (χ3n) is 2.85. The molecule has 6 heteroatoms. The first-order valence-electron chi connectivity index (χ1n) is 6.36. The molecule has 1 N–H and O–H groups in total. The van der Waals surface area contributed by atoms with Crippen molar-refractivity contribution in [3.63, 3.8) is 0 Å². The lowest BCUT2D eigenvalue weighted by molar-refractivity contribution is -0.112. The molecule has 0 bridgehead atoms. The molecule has 0 fully saturated rings. The number of nitrogens with one attached hydrogen (secondary N) is 1. The van der Waals surface area contributed by atoms with Crippen LogP contribution in [0.5, 0.6) is 11.5 Å². The number of ether oxygens (including phenoxy) is 2. The summed E-state index contributed by atoms with van der Waals surface area (Å²) in [6.07, 6.45) is 2.83. The Bertz CT molecular complexity index is 727. The van der Waals surface area contributed by atoms with Gasteiger partial charge in [-0.15, -0.1) is 0 Å². The molecule has 0 unspecified atom stereocenters. The van der Waals surface area contributed by atoms with E-state index in [1.165, 1.54) is 26.6 Å². The molecule has 0 atom stereocenters. The number of nitrogens with zero attached hydrogens (tertiary/aromatic N) is 1. The molecule has 1 amide bonds. The van der Waals surface area contributed by atoms with Gasteiger partial charge in [0.25, 0.3) is 5.91 Å². The highest BCUT2D eigenvalue weighted by atomic mass is 16.5. The van der Waals surface area contributed by atoms with Crippen LogP contribution in [0.1, 0.15) is 5.76 Å². The molecule has 0 spiro atoms. The number of hydrogen-bond acceptors (Lipinski definition) is 5.